The zero-order chi connectivity index (χ0) is 16.1. The van der Waals surface area contributed by atoms with Crippen molar-refractivity contribution in [2.24, 2.45) is 4.99 Å². The average molecular weight is 294 g/mol. The predicted octanol–water partition coefficient (Wildman–Crippen LogP) is 4.36. The van der Waals surface area contributed by atoms with Crippen molar-refractivity contribution in [3.63, 3.8) is 0 Å². The van der Waals surface area contributed by atoms with Crippen molar-refractivity contribution < 1.29 is 4.58 Å². The molecule has 0 unspecified atom stereocenters. The van der Waals surface area contributed by atoms with E-state index in [9.17, 15) is 0 Å². The van der Waals surface area contributed by atoms with Crippen molar-refractivity contribution in [2.75, 3.05) is 12.4 Å². The van der Waals surface area contributed by atoms with Crippen LogP contribution in [-0.4, -0.2) is 24.3 Å². The summed E-state index contributed by atoms with van der Waals surface area (Å²) in [5.74, 6) is 0. The number of hydrogen-bond donors (Lipinski definition) is 1. The summed E-state index contributed by atoms with van der Waals surface area (Å²) in [6.45, 7) is 8.38. The molecule has 2 rings (SSSR count). The van der Waals surface area contributed by atoms with Gasteiger partial charge in [0.1, 0.15) is 5.69 Å². The number of hydrogen-bond acceptors (Lipinski definition) is 1. The van der Waals surface area contributed by atoms with Crippen LogP contribution in [0.1, 0.15) is 22.3 Å². The van der Waals surface area contributed by atoms with E-state index in [1.165, 1.54) is 22.3 Å². The largest absolute Gasteiger partial charge is 0.279 e. The number of anilines is 1. The summed E-state index contributed by atoms with van der Waals surface area (Å²) in [5, 5.41) is 3.31. The van der Waals surface area contributed by atoms with Crippen LogP contribution >= 0.6 is 0 Å². The van der Waals surface area contributed by atoms with Gasteiger partial charge in [0.25, 0.3) is 0 Å². The Morgan fingerprint density at radius 1 is 0.909 bits per heavy atom. The summed E-state index contributed by atoms with van der Waals surface area (Å²) in [4.78, 5) is 4.53. The molecule has 114 valence electrons. The summed E-state index contributed by atoms with van der Waals surface area (Å²) in [7, 11) is 1.96. The number of aryl methyl sites for hydroxylation is 4. The SMILES string of the molecule is Cc1ccc(N=C[N+](C)=CNc2ccc(C)cc2C)c(C)c1. The topological polar surface area (TPSA) is 27.4 Å². The second-order valence-electron chi connectivity index (χ2n) is 5.79. The molecule has 3 heteroatoms. The van der Waals surface area contributed by atoms with Crippen LogP contribution in [0.15, 0.2) is 41.4 Å². The molecule has 1 N–H and O–H groups in total. The first-order valence-electron chi connectivity index (χ1n) is 7.46. The minimum Gasteiger partial charge on any atom is -0.279 e. The summed E-state index contributed by atoms with van der Waals surface area (Å²) in [6, 6.07) is 12.6. The number of nitrogens with one attached hydrogen (secondary N) is 1. The Morgan fingerprint density at radius 3 is 2.18 bits per heavy atom. The van der Waals surface area contributed by atoms with Crippen molar-refractivity contribution in [3.05, 3.63) is 58.7 Å². The van der Waals surface area contributed by atoms with Gasteiger partial charge in [-0.15, -0.1) is 4.99 Å². The summed E-state index contributed by atoms with van der Waals surface area (Å²) in [5.41, 5.74) is 7.05. The van der Waals surface area contributed by atoms with E-state index < -0.39 is 0 Å². The van der Waals surface area contributed by atoms with Crippen LogP contribution in [0.3, 0.4) is 0 Å². The molecule has 0 aliphatic carbocycles. The molecule has 0 amide bonds. The maximum atomic E-state index is 4.53. The zero-order valence-corrected chi connectivity index (χ0v) is 14.0. The van der Waals surface area contributed by atoms with E-state index in [1.54, 1.807) is 0 Å². The van der Waals surface area contributed by atoms with Crippen LogP contribution in [0.4, 0.5) is 11.4 Å². The van der Waals surface area contributed by atoms with E-state index in [0.29, 0.717) is 0 Å². The van der Waals surface area contributed by atoms with Crippen molar-refractivity contribution in [3.8, 4) is 0 Å². The highest BCUT2D eigenvalue weighted by atomic mass is 15.1. The van der Waals surface area contributed by atoms with Gasteiger partial charge in [-0.1, -0.05) is 35.4 Å². The van der Waals surface area contributed by atoms with E-state index in [-0.39, 0.29) is 0 Å². The Kier molecular flexibility index (Phi) is 5.10. The summed E-state index contributed by atoms with van der Waals surface area (Å²) >= 11 is 0. The Bertz CT molecular complexity index is 727. The van der Waals surface area contributed by atoms with E-state index in [0.717, 1.165) is 11.4 Å². The summed E-state index contributed by atoms with van der Waals surface area (Å²) < 4.78 is 1.92. The van der Waals surface area contributed by atoms with E-state index in [2.05, 4.69) is 68.3 Å². The molecule has 22 heavy (non-hydrogen) atoms. The second kappa shape index (κ2) is 7.03. The molecule has 3 nitrogen and oxygen atoms in total. The smallest absolute Gasteiger partial charge is 0.225 e. The zero-order valence-electron chi connectivity index (χ0n) is 14.0. The standard InChI is InChI=1S/C19H23N3/c1-14-6-8-18(16(3)10-14)20-12-22(5)13-21-19-9-7-15(2)11-17(19)4/h6-13H,1-5H3/p+1. The molecule has 0 heterocycles. The van der Waals surface area contributed by atoms with E-state index >= 15 is 0 Å². The maximum absolute atomic E-state index is 4.53. The molecule has 0 saturated heterocycles. The summed E-state index contributed by atoms with van der Waals surface area (Å²) in [6.07, 6.45) is 3.72. The normalized spacial score (nSPS) is 12.0. The molecule has 0 fully saturated rings. The van der Waals surface area contributed by atoms with Gasteiger partial charge < -0.3 is 0 Å². The first-order chi connectivity index (χ1) is 10.5. The molecule has 0 aliphatic heterocycles. The number of nitrogens with zero attached hydrogens (tertiary/aromatic N) is 2. The predicted molar refractivity (Wildman–Crippen MR) is 95.9 cm³/mol. The van der Waals surface area contributed by atoms with Gasteiger partial charge in [-0.05, 0) is 51.0 Å². The molecule has 0 aliphatic rings. The van der Waals surface area contributed by atoms with Gasteiger partial charge in [-0.3, -0.25) is 5.32 Å². The monoisotopic (exact) mass is 294 g/mol. The Labute approximate surface area is 133 Å². The van der Waals surface area contributed by atoms with Crippen LogP contribution in [0.25, 0.3) is 0 Å². The molecule has 0 radical (unpaired) electrons. The lowest BCUT2D eigenvalue weighted by molar-refractivity contribution is -0.354. The lowest BCUT2D eigenvalue weighted by Crippen LogP contribution is -2.11. The molecule has 0 spiro atoms. The molecular formula is C19H24N3+. The van der Waals surface area contributed by atoms with Crippen LogP contribution in [0, 0.1) is 27.7 Å². The van der Waals surface area contributed by atoms with Crippen molar-refractivity contribution in [2.45, 2.75) is 27.7 Å². The van der Waals surface area contributed by atoms with Crippen LogP contribution in [-0.2, 0) is 0 Å². The molecule has 2 aromatic rings. The van der Waals surface area contributed by atoms with Gasteiger partial charge in [0, 0.05) is 0 Å². The molecular weight excluding hydrogens is 270 g/mol. The number of rotatable bonds is 4. The Balaban J connectivity index is 2.07. The highest BCUT2D eigenvalue weighted by molar-refractivity contribution is 5.76. The highest BCUT2D eigenvalue weighted by Gasteiger charge is 2.01. The minimum absolute atomic E-state index is 0.998. The van der Waals surface area contributed by atoms with E-state index in [1.807, 2.05) is 30.4 Å². The first-order valence-corrected chi connectivity index (χ1v) is 7.46. The molecule has 0 bridgehead atoms. The van der Waals surface area contributed by atoms with Gasteiger partial charge in [-0.2, -0.15) is 0 Å². The van der Waals surface area contributed by atoms with Crippen molar-refractivity contribution in [1.82, 2.24) is 0 Å². The second-order valence-corrected chi connectivity index (χ2v) is 5.79. The Hall–Kier alpha value is -2.42. The van der Waals surface area contributed by atoms with Gasteiger partial charge in [0.2, 0.25) is 6.34 Å². The number of aliphatic imine (C=N–C) groups is 1. The fraction of sp³-hybridized carbons (Fsp3) is 0.263. The lowest BCUT2D eigenvalue weighted by Gasteiger charge is -2.03. The van der Waals surface area contributed by atoms with E-state index in [4.69, 9.17) is 0 Å². The lowest BCUT2D eigenvalue weighted by atomic mass is 10.1. The number of benzene rings is 2. The fourth-order valence-corrected chi connectivity index (χ4v) is 2.28. The van der Waals surface area contributed by atoms with Crippen LogP contribution in [0.5, 0.6) is 0 Å². The molecule has 0 saturated carbocycles. The van der Waals surface area contributed by atoms with Gasteiger partial charge in [-0.25, -0.2) is 4.58 Å². The quantitative estimate of drug-likeness (QED) is 0.506. The highest BCUT2D eigenvalue weighted by Crippen LogP contribution is 2.18. The van der Waals surface area contributed by atoms with Crippen LogP contribution in [0.2, 0.25) is 0 Å². The van der Waals surface area contributed by atoms with Gasteiger partial charge in [0.05, 0.1) is 12.7 Å². The fourth-order valence-electron chi connectivity index (χ4n) is 2.28. The minimum atomic E-state index is 0.998. The third-order valence-corrected chi connectivity index (χ3v) is 3.54. The van der Waals surface area contributed by atoms with Gasteiger partial charge in [0.15, 0.2) is 6.34 Å². The third-order valence-electron chi connectivity index (χ3n) is 3.54. The van der Waals surface area contributed by atoms with Gasteiger partial charge >= 0.3 is 0 Å². The van der Waals surface area contributed by atoms with Crippen molar-refractivity contribution in [1.29, 1.82) is 0 Å². The average Bonchev–Trinajstić information content (AvgIpc) is 2.45. The molecule has 0 atom stereocenters. The Morgan fingerprint density at radius 2 is 1.55 bits per heavy atom. The maximum Gasteiger partial charge on any atom is 0.225 e. The first kappa shape index (κ1) is 16.0. The van der Waals surface area contributed by atoms with Crippen LogP contribution < -0.4 is 5.32 Å². The third kappa shape index (κ3) is 4.29. The van der Waals surface area contributed by atoms with Crippen molar-refractivity contribution >= 4 is 24.1 Å². The molecule has 2 aromatic carbocycles. The molecule has 0 aromatic heterocycles.